The Bertz CT molecular complexity index is 137. The van der Waals surface area contributed by atoms with Crippen LogP contribution in [-0.4, -0.2) is 37.1 Å². The van der Waals surface area contributed by atoms with Gasteiger partial charge in [-0.15, -0.1) is 0 Å². The summed E-state index contributed by atoms with van der Waals surface area (Å²) < 4.78 is 0. The minimum atomic E-state index is 0.436. The van der Waals surface area contributed by atoms with Gasteiger partial charge in [0.2, 0.25) is 0 Å². The normalized spacial score (nSPS) is 27.5. The van der Waals surface area contributed by atoms with Crippen LogP contribution in [0.15, 0.2) is 0 Å². The molecule has 0 unspecified atom stereocenters. The van der Waals surface area contributed by atoms with Crippen molar-refractivity contribution in [1.29, 1.82) is 0 Å². The van der Waals surface area contributed by atoms with E-state index in [1.54, 1.807) is 0 Å². The molecule has 0 aromatic carbocycles. The van der Waals surface area contributed by atoms with Crippen molar-refractivity contribution in [2.75, 3.05) is 26.2 Å². The molecule has 1 aliphatic heterocycles. The zero-order chi connectivity index (χ0) is 9.19. The van der Waals surface area contributed by atoms with Crippen molar-refractivity contribution in [2.24, 2.45) is 5.41 Å². The highest BCUT2D eigenvalue weighted by molar-refractivity contribution is 4.79. The highest BCUT2D eigenvalue weighted by Gasteiger charge is 2.22. The largest absolute Gasteiger partial charge is 0.314 e. The molecule has 0 aromatic heterocycles. The molecule has 1 atom stereocenters. The first kappa shape index (κ1) is 10.0. The monoisotopic (exact) mass is 170 g/mol. The molecule has 1 heterocycles. The Balaban J connectivity index is 2.39. The van der Waals surface area contributed by atoms with Gasteiger partial charge in [0.25, 0.3) is 0 Å². The first-order valence-electron chi connectivity index (χ1n) is 4.94. The van der Waals surface area contributed by atoms with E-state index in [4.69, 9.17) is 0 Å². The molecule has 1 aliphatic rings. The van der Waals surface area contributed by atoms with Gasteiger partial charge >= 0.3 is 0 Å². The second-order valence-electron chi connectivity index (χ2n) is 5.08. The van der Waals surface area contributed by atoms with Gasteiger partial charge in [-0.1, -0.05) is 20.8 Å². The predicted molar refractivity (Wildman–Crippen MR) is 53.4 cm³/mol. The van der Waals surface area contributed by atoms with Gasteiger partial charge < -0.3 is 5.32 Å². The minimum Gasteiger partial charge on any atom is -0.314 e. The van der Waals surface area contributed by atoms with Gasteiger partial charge in [-0.2, -0.15) is 0 Å². The molecule has 0 radical (unpaired) electrons. The van der Waals surface area contributed by atoms with E-state index in [-0.39, 0.29) is 0 Å². The van der Waals surface area contributed by atoms with E-state index in [9.17, 15) is 0 Å². The Labute approximate surface area is 76.3 Å². The van der Waals surface area contributed by atoms with Crippen LogP contribution >= 0.6 is 0 Å². The smallest absolute Gasteiger partial charge is 0.0193 e. The van der Waals surface area contributed by atoms with Crippen molar-refractivity contribution >= 4 is 0 Å². The second-order valence-corrected chi connectivity index (χ2v) is 5.08. The average Bonchev–Trinajstić information content (AvgIpc) is 1.91. The van der Waals surface area contributed by atoms with Crippen molar-refractivity contribution in [3.8, 4) is 0 Å². The van der Waals surface area contributed by atoms with E-state index in [0.29, 0.717) is 11.5 Å². The Kier molecular flexibility index (Phi) is 3.13. The Hall–Kier alpha value is -0.0800. The lowest BCUT2D eigenvalue weighted by atomic mass is 9.95. The molecule has 1 fully saturated rings. The van der Waals surface area contributed by atoms with Gasteiger partial charge in [0.1, 0.15) is 0 Å². The Morgan fingerprint density at radius 1 is 1.42 bits per heavy atom. The molecule has 2 heteroatoms. The summed E-state index contributed by atoms with van der Waals surface area (Å²) in [5, 5.41) is 3.41. The van der Waals surface area contributed by atoms with Crippen molar-refractivity contribution in [2.45, 2.75) is 33.7 Å². The summed E-state index contributed by atoms with van der Waals surface area (Å²) in [5.41, 5.74) is 0.436. The minimum absolute atomic E-state index is 0.436. The van der Waals surface area contributed by atoms with Crippen molar-refractivity contribution in [3.63, 3.8) is 0 Å². The van der Waals surface area contributed by atoms with Crippen molar-refractivity contribution in [1.82, 2.24) is 10.2 Å². The van der Waals surface area contributed by atoms with Crippen LogP contribution in [0.2, 0.25) is 0 Å². The maximum Gasteiger partial charge on any atom is 0.0193 e. The number of rotatable bonds is 1. The SMILES string of the molecule is C[C@H]1CNCCN1CC(C)(C)C. The molecule has 12 heavy (non-hydrogen) atoms. The van der Waals surface area contributed by atoms with Crippen LogP contribution in [0.4, 0.5) is 0 Å². The van der Waals surface area contributed by atoms with E-state index in [1.165, 1.54) is 13.1 Å². The quantitative estimate of drug-likeness (QED) is 0.638. The third-order valence-electron chi connectivity index (χ3n) is 2.32. The first-order valence-corrected chi connectivity index (χ1v) is 4.94. The van der Waals surface area contributed by atoms with Gasteiger partial charge in [0.05, 0.1) is 0 Å². The molecule has 0 aromatic rings. The van der Waals surface area contributed by atoms with E-state index in [0.717, 1.165) is 13.1 Å². The average molecular weight is 170 g/mol. The number of nitrogens with zero attached hydrogens (tertiary/aromatic N) is 1. The number of piperazine rings is 1. The standard InChI is InChI=1S/C10H22N2/c1-9-7-11-5-6-12(9)8-10(2,3)4/h9,11H,5-8H2,1-4H3/t9-/m0/s1. The zero-order valence-corrected chi connectivity index (χ0v) is 8.85. The third-order valence-corrected chi connectivity index (χ3v) is 2.32. The summed E-state index contributed by atoms with van der Waals surface area (Å²) in [4.78, 5) is 2.58. The highest BCUT2D eigenvalue weighted by Crippen LogP contribution is 2.17. The molecule has 2 nitrogen and oxygen atoms in total. The Morgan fingerprint density at radius 3 is 2.58 bits per heavy atom. The summed E-state index contributed by atoms with van der Waals surface area (Å²) in [6.07, 6.45) is 0. The van der Waals surface area contributed by atoms with Gasteiger partial charge in [-0.3, -0.25) is 4.90 Å². The molecule has 0 saturated carbocycles. The van der Waals surface area contributed by atoms with Gasteiger partial charge in [0.15, 0.2) is 0 Å². The molecule has 0 amide bonds. The molecule has 1 saturated heterocycles. The zero-order valence-electron chi connectivity index (χ0n) is 8.85. The fourth-order valence-corrected chi connectivity index (χ4v) is 1.73. The summed E-state index contributed by atoms with van der Waals surface area (Å²) in [6, 6.07) is 0.706. The van der Waals surface area contributed by atoms with Gasteiger partial charge in [0, 0.05) is 32.2 Å². The molecule has 0 aliphatic carbocycles. The van der Waals surface area contributed by atoms with Gasteiger partial charge in [-0.05, 0) is 12.3 Å². The molecule has 72 valence electrons. The van der Waals surface area contributed by atoms with E-state index >= 15 is 0 Å². The lowest BCUT2D eigenvalue weighted by molar-refractivity contribution is 0.123. The molecular formula is C10H22N2. The summed E-state index contributed by atoms with van der Waals surface area (Å²) in [7, 11) is 0. The van der Waals surface area contributed by atoms with E-state index < -0.39 is 0 Å². The van der Waals surface area contributed by atoms with Crippen LogP contribution in [0, 0.1) is 5.41 Å². The lowest BCUT2D eigenvalue weighted by Crippen LogP contribution is -2.52. The molecule has 0 bridgehead atoms. The number of nitrogens with one attached hydrogen (secondary N) is 1. The van der Waals surface area contributed by atoms with Crippen LogP contribution in [0.1, 0.15) is 27.7 Å². The second kappa shape index (κ2) is 3.75. The maximum atomic E-state index is 3.41. The van der Waals surface area contributed by atoms with Crippen LogP contribution < -0.4 is 5.32 Å². The fraction of sp³-hybridized carbons (Fsp3) is 1.00. The molecule has 0 spiro atoms. The van der Waals surface area contributed by atoms with E-state index in [1.807, 2.05) is 0 Å². The number of hydrogen-bond donors (Lipinski definition) is 1. The topological polar surface area (TPSA) is 15.3 Å². The van der Waals surface area contributed by atoms with Crippen LogP contribution in [0.5, 0.6) is 0 Å². The highest BCUT2D eigenvalue weighted by atomic mass is 15.2. The van der Waals surface area contributed by atoms with Crippen LogP contribution in [0.3, 0.4) is 0 Å². The molecular weight excluding hydrogens is 148 g/mol. The predicted octanol–water partition coefficient (Wildman–Crippen LogP) is 1.33. The van der Waals surface area contributed by atoms with E-state index in [2.05, 4.69) is 37.9 Å². The fourth-order valence-electron chi connectivity index (χ4n) is 1.73. The summed E-state index contributed by atoms with van der Waals surface area (Å²) in [5.74, 6) is 0. The van der Waals surface area contributed by atoms with Crippen LogP contribution in [-0.2, 0) is 0 Å². The third kappa shape index (κ3) is 3.11. The van der Waals surface area contributed by atoms with Crippen LogP contribution in [0.25, 0.3) is 0 Å². The van der Waals surface area contributed by atoms with Crippen molar-refractivity contribution < 1.29 is 0 Å². The van der Waals surface area contributed by atoms with Crippen molar-refractivity contribution in [3.05, 3.63) is 0 Å². The first-order chi connectivity index (χ1) is 5.49. The number of hydrogen-bond acceptors (Lipinski definition) is 2. The summed E-state index contributed by atoms with van der Waals surface area (Å²) >= 11 is 0. The maximum absolute atomic E-state index is 3.41. The molecule has 1 N–H and O–H groups in total. The molecule has 1 rings (SSSR count). The Morgan fingerprint density at radius 2 is 2.08 bits per heavy atom. The van der Waals surface area contributed by atoms with Gasteiger partial charge in [-0.25, -0.2) is 0 Å². The lowest BCUT2D eigenvalue weighted by Gasteiger charge is -2.38. The summed E-state index contributed by atoms with van der Waals surface area (Å²) in [6.45, 7) is 14.0.